The zero-order chi connectivity index (χ0) is 24.0. The third-order valence-corrected chi connectivity index (χ3v) is 6.78. The summed E-state index contributed by atoms with van der Waals surface area (Å²) < 4.78 is 33.2. The number of ketones is 1. The molecule has 0 radical (unpaired) electrons. The van der Waals surface area contributed by atoms with Crippen molar-refractivity contribution in [3.8, 4) is 0 Å². The number of carbonyl (C=O) groups is 2. The van der Waals surface area contributed by atoms with E-state index in [0.717, 1.165) is 5.56 Å². The number of hydrogen-bond acceptors (Lipinski definition) is 5. The average Bonchev–Trinajstić information content (AvgIpc) is 2.83. The van der Waals surface area contributed by atoms with Gasteiger partial charge >= 0.3 is 5.97 Å². The molecular weight excluding hydrogens is 438 g/mol. The first-order chi connectivity index (χ1) is 15.7. The number of ether oxygens (including phenoxy) is 1. The highest BCUT2D eigenvalue weighted by atomic mass is 32.2. The first kappa shape index (κ1) is 23.9. The number of rotatable bonds is 9. The van der Waals surface area contributed by atoms with Gasteiger partial charge in [0.15, 0.2) is 6.10 Å². The van der Waals surface area contributed by atoms with Crippen LogP contribution >= 0.6 is 0 Å². The number of sulfonamides is 1. The molecule has 0 N–H and O–H groups in total. The monoisotopic (exact) mass is 463 g/mol. The molecule has 0 aliphatic heterocycles. The fourth-order valence-corrected chi connectivity index (χ4v) is 4.68. The van der Waals surface area contributed by atoms with Crippen LogP contribution in [0.4, 0.5) is 5.69 Å². The number of para-hydroxylation sites is 1. The standard InChI is InChI=1S/C26H25NO5S/c1-4-17-27(23-10-6-5-7-11-23)33(30,31)24-12-8-9-22(18-24)26(29)32-20(3)25(28)21-15-13-19(2)14-16-21/h4-16,18,20H,1,17H2,2-3H3/t20-/m1/s1. The first-order valence-electron chi connectivity index (χ1n) is 10.3. The molecule has 0 spiro atoms. The number of carbonyl (C=O) groups excluding carboxylic acids is 2. The molecule has 170 valence electrons. The zero-order valence-corrected chi connectivity index (χ0v) is 19.3. The summed E-state index contributed by atoms with van der Waals surface area (Å²) in [5.74, 6) is -1.12. The van der Waals surface area contributed by atoms with Crippen molar-refractivity contribution in [3.05, 3.63) is 108 Å². The topological polar surface area (TPSA) is 80.8 Å². The Hall–Kier alpha value is -3.71. The van der Waals surface area contributed by atoms with E-state index in [4.69, 9.17) is 4.74 Å². The highest BCUT2D eigenvalue weighted by Crippen LogP contribution is 2.24. The predicted molar refractivity (Wildman–Crippen MR) is 128 cm³/mol. The Labute approximate surface area is 194 Å². The maximum Gasteiger partial charge on any atom is 0.338 e. The molecule has 33 heavy (non-hydrogen) atoms. The summed E-state index contributed by atoms with van der Waals surface area (Å²) in [4.78, 5) is 25.2. The lowest BCUT2D eigenvalue weighted by molar-refractivity contribution is 0.0318. The molecule has 0 amide bonds. The van der Waals surface area contributed by atoms with Crippen molar-refractivity contribution in [2.75, 3.05) is 10.8 Å². The summed E-state index contributed by atoms with van der Waals surface area (Å²) in [6, 6.07) is 21.1. The number of benzene rings is 3. The van der Waals surface area contributed by atoms with Gasteiger partial charge in [0.1, 0.15) is 0 Å². The van der Waals surface area contributed by atoms with E-state index in [2.05, 4.69) is 6.58 Å². The molecule has 0 aliphatic rings. The number of aryl methyl sites for hydroxylation is 1. The van der Waals surface area contributed by atoms with Crippen molar-refractivity contribution in [1.82, 2.24) is 0 Å². The molecule has 1 atom stereocenters. The Morgan fingerprint density at radius 1 is 0.970 bits per heavy atom. The summed E-state index contributed by atoms with van der Waals surface area (Å²) in [6.45, 7) is 7.10. The van der Waals surface area contributed by atoms with Gasteiger partial charge in [0.05, 0.1) is 22.7 Å². The van der Waals surface area contributed by atoms with Crippen LogP contribution in [0.2, 0.25) is 0 Å². The summed E-state index contributed by atoms with van der Waals surface area (Å²) in [5.41, 5.74) is 1.95. The molecule has 0 aliphatic carbocycles. The lowest BCUT2D eigenvalue weighted by atomic mass is 10.1. The van der Waals surface area contributed by atoms with Crippen LogP contribution in [0.25, 0.3) is 0 Å². The number of esters is 1. The van der Waals surface area contributed by atoms with Gasteiger partial charge in [-0.2, -0.15) is 0 Å². The minimum atomic E-state index is -3.98. The van der Waals surface area contributed by atoms with E-state index >= 15 is 0 Å². The number of nitrogens with zero attached hydrogens (tertiary/aromatic N) is 1. The van der Waals surface area contributed by atoms with Crippen molar-refractivity contribution >= 4 is 27.5 Å². The van der Waals surface area contributed by atoms with E-state index in [1.54, 1.807) is 54.6 Å². The molecule has 3 rings (SSSR count). The Kier molecular flexibility index (Phi) is 7.45. The number of hydrogen-bond donors (Lipinski definition) is 0. The SMILES string of the molecule is C=CCN(c1ccccc1)S(=O)(=O)c1cccc(C(=O)O[C@H](C)C(=O)c2ccc(C)cc2)c1. The van der Waals surface area contributed by atoms with Crippen LogP contribution in [0.5, 0.6) is 0 Å². The van der Waals surface area contributed by atoms with Gasteiger partial charge in [0.2, 0.25) is 5.78 Å². The Bertz CT molecular complexity index is 1250. The second kappa shape index (κ2) is 10.3. The van der Waals surface area contributed by atoms with Gasteiger partial charge in [-0.3, -0.25) is 9.10 Å². The van der Waals surface area contributed by atoms with Gasteiger partial charge in [-0.05, 0) is 44.2 Å². The van der Waals surface area contributed by atoms with E-state index in [0.29, 0.717) is 11.3 Å². The highest BCUT2D eigenvalue weighted by molar-refractivity contribution is 7.92. The van der Waals surface area contributed by atoms with Gasteiger partial charge in [-0.1, -0.05) is 60.2 Å². The lowest BCUT2D eigenvalue weighted by Gasteiger charge is -2.23. The maximum absolute atomic E-state index is 13.3. The van der Waals surface area contributed by atoms with Crippen molar-refractivity contribution in [2.45, 2.75) is 24.8 Å². The second-order valence-electron chi connectivity index (χ2n) is 7.47. The molecule has 0 unspecified atom stereocenters. The normalized spacial score (nSPS) is 11.9. The molecule has 0 fully saturated rings. The van der Waals surface area contributed by atoms with Crippen LogP contribution in [0.3, 0.4) is 0 Å². The third kappa shape index (κ3) is 5.56. The third-order valence-electron chi connectivity index (χ3n) is 4.99. The minimum Gasteiger partial charge on any atom is -0.451 e. The van der Waals surface area contributed by atoms with E-state index < -0.39 is 22.1 Å². The molecule has 0 aromatic heterocycles. The van der Waals surface area contributed by atoms with Crippen molar-refractivity contribution < 1.29 is 22.7 Å². The van der Waals surface area contributed by atoms with Gasteiger partial charge in [-0.15, -0.1) is 6.58 Å². The Morgan fingerprint density at radius 3 is 2.27 bits per heavy atom. The maximum atomic E-state index is 13.3. The Morgan fingerprint density at radius 2 is 1.64 bits per heavy atom. The number of anilines is 1. The van der Waals surface area contributed by atoms with Gasteiger partial charge in [0, 0.05) is 5.56 Å². The lowest BCUT2D eigenvalue weighted by Crippen LogP contribution is -2.31. The van der Waals surface area contributed by atoms with Gasteiger partial charge < -0.3 is 4.74 Å². The quantitative estimate of drug-likeness (QED) is 0.259. The minimum absolute atomic E-state index is 0.0336. The molecule has 3 aromatic rings. The molecule has 0 heterocycles. The van der Waals surface area contributed by atoms with Crippen LogP contribution in [0.1, 0.15) is 33.2 Å². The largest absolute Gasteiger partial charge is 0.451 e. The van der Waals surface area contributed by atoms with Gasteiger partial charge in [-0.25, -0.2) is 13.2 Å². The van der Waals surface area contributed by atoms with E-state index in [-0.39, 0.29) is 22.8 Å². The molecule has 6 nitrogen and oxygen atoms in total. The van der Waals surface area contributed by atoms with Crippen molar-refractivity contribution in [3.63, 3.8) is 0 Å². The fourth-order valence-electron chi connectivity index (χ4n) is 3.20. The summed E-state index contributed by atoms with van der Waals surface area (Å²) in [7, 11) is -3.98. The highest BCUT2D eigenvalue weighted by Gasteiger charge is 2.26. The predicted octanol–water partition coefficient (Wildman–Crippen LogP) is 4.80. The van der Waals surface area contributed by atoms with Crippen LogP contribution in [-0.4, -0.2) is 32.8 Å². The van der Waals surface area contributed by atoms with Crippen molar-refractivity contribution in [2.24, 2.45) is 0 Å². The second-order valence-corrected chi connectivity index (χ2v) is 9.33. The van der Waals surface area contributed by atoms with Crippen molar-refractivity contribution in [1.29, 1.82) is 0 Å². The van der Waals surface area contributed by atoms with Crippen LogP contribution < -0.4 is 4.31 Å². The summed E-state index contributed by atoms with van der Waals surface area (Å²) >= 11 is 0. The molecule has 0 saturated heterocycles. The molecule has 7 heteroatoms. The van der Waals surface area contributed by atoms with Crippen LogP contribution in [0.15, 0.2) is 96.4 Å². The fraction of sp³-hybridized carbons (Fsp3) is 0.154. The molecular formula is C26H25NO5S. The average molecular weight is 464 g/mol. The Balaban J connectivity index is 1.83. The smallest absolute Gasteiger partial charge is 0.338 e. The zero-order valence-electron chi connectivity index (χ0n) is 18.5. The van der Waals surface area contributed by atoms with E-state index in [9.17, 15) is 18.0 Å². The van der Waals surface area contributed by atoms with Crippen LogP contribution in [-0.2, 0) is 14.8 Å². The van der Waals surface area contributed by atoms with Crippen LogP contribution in [0, 0.1) is 6.92 Å². The van der Waals surface area contributed by atoms with E-state index in [1.807, 2.05) is 6.92 Å². The first-order valence-corrected chi connectivity index (χ1v) is 11.8. The molecule has 3 aromatic carbocycles. The van der Waals surface area contributed by atoms with Gasteiger partial charge in [0.25, 0.3) is 10.0 Å². The summed E-state index contributed by atoms with van der Waals surface area (Å²) in [6.07, 6.45) is 0.461. The number of Topliss-reactive ketones (excluding diaryl/α,β-unsaturated/α-hetero) is 1. The van der Waals surface area contributed by atoms with E-state index in [1.165, 1.54) is 41.6 Å². The molecule has 0 bridgehead atoms. The summed E-state index contributed by atoms with van der Waals surface area (Å²) in [5, 5.41) is 0. The molecule has 0 saturated carbocycles.